The molecule has 1 atom stereocenters. The van der Waals surface area contributed by atoms with E-state index in [9.17, 15) is 0 Å². The number of rotatable bonds is 6. The predicted molar refractivity (Wildman–Crippen MR) is 63.4 cm³/mol. The second kappa shape index (κ2) is 4.74. The van der Waals surface area contributed by atoms with Crippen molar-refractivity contribution in [1.82, 2.24) is 10.1 Å². The molecule has 5 nitrogen and oxygen atoms in total. The number of nitrogens with zero attached hydrogens (tertiary/aromatic N) is 2. The van der Waals surface area contributed by atoms with Gasteiger partial charge in [-0.25, -0.2) is 0 Å². The van der Waals surface area contributed by atoms with Gasteiger partial charge in [0.2, 0.25) is 11.7 Å². The zero-order chi connectivity index (χ0) is 12.5. The Morgan fingerprint density at radius 1 is 1.53 bits per heavy atom. The van der Waals surface area contributed by atoms with Gasteiger partial charge in [0.25, 0.3) is 0 Å². The molecule has 0 spiro atoms. The Hall–Kier alpha value is -0.940. The molecule has 0 amide bonds. The first kappa shape index (κ1) is 12.5. The summed E-state index contributed by atoms with van der Waals surface area (Å²) in [5.41, 5.74) is 5.53. The lowest BCUT2D eigenvalue weighted by molar-refractivity contribution is -0.0221. The fraction of sp³-hybridized carbons (Fsp3) is 0.833. The third-order valence-electron chi connectivity index (χ3n) is 3.15. The summed E-state index contributed by atoms with van der Waals surface area (Å²) in [5, 5.41) is 3.97. The molecule has 2 rings (SSSR count). The number of aromatic nitrogens is 2. The minimum Gasteiger partial charge on any atom is -0.368 e. The van der Waals surface area contributed by atoms with Crippen molar-refractivity contribution < 1.29 is 9.26 Å². The summed E-state index contributed by atoms with van der Waals surface area (Å²) in [7, 11) is 0. The molecule has 5 heteroatoms. The maximum Gasteiger partial charge on any atom is 0.228 e. The first-order valence-electron chi connectivity index (χ1n) is 6.25. The topological polar surface area (TPSA) is 74.2 Å². The summed E-state index contributed by atoms with van der Waals surface area (Å²) in [6, 6.07) is 0.151. The van der Waals surface area contributed by atoms with E-state index in [0.717, 1.165) is 0 Å². The van der Waals surface area contributed by atoms with E-state index >= 15 is 0 Å². The fourth-order valence-corrected chi connectivity index (χ4v) is 1.90. The summed E-state index contributed by atoms with van der Waals surface area (Å²) < 4.78 is 10.8. The van der Waals surface area contributed by atoms with Crippen LogP contribution in [-0.2, 0) is 16.8 Å². The predicted octanol–water partition coefficient (Wildman–Crippen LogP) is 1.62. The average molecular weight is 239 g/mol. The highest BCUT2D eigenvalue weighted by molar-refractivity contribution is 4.99. The van der Waals surface area contributed by atoms with Crippen molar-refractivity contribution in [3.8, 4) is 0 Å². The van der Waals surface area contributed by atoms with Crippen molar-refractivity contribution in [1.29, 1.82) is 0 Å². The highest BCUT2D eigenvalue weighted by atomic mass is 16.5. The van der Waals surface area contributed by atoms with Crippen LogP contribution in [0, 0.1) is 5.92 Å². The highest BCUT2D eigenvalue weighted by Gasteiger charge is 2.31. The van der Waals surface area contributed by atoms with Gasteiger partial charge in [0.15, 0.2) is 0 Å². The molecule has 0 bridgehead atoms. The van der Waals surface area contributed by atoms with Crippen molar-refractivity contribution >= 4 is 0 Å². The standard InChI is InChI=1S/C12H21N3O2/c1-4-16-12(2,3)11-14-10(17-15-11)7-9(13)8-5-6-8/h8-9H,4-7,13H2,1-3H3. The van der Waals surface area contributed by atoms with Crippen molar-refractivity contribution in [2.45, 2.75) is 51.7 Å². The van der Waals surface area contributed by atoms with Gasteiger partial charge in [-0.15, -0.1) is 0 Å². The Kier molecular flexibility index (Phi) is 3.49. The molecule has 1 heterocycles. The minimum absolute atomic E-state index is 0.151. The first-order valence-corrected chi connectivity index (χ1v) is 6.25. The first-order chi connectivity index (χ1) is 8.03. The van der Waals surface area contributed by atoms with Gasteiger partial charge in [0, 0.05) is 19.1 Å². The third kappa shape index (κ3) is 3.04. The molecule has 96 valence electrons. The van der Waals surface area contributed by atoms with E-state index in [1.165, 1.54) is 12.8 Å². The lowest BCUT2D eigenvalue weighted by Crippen LogP contribution is -2.26. The van der Waals surface area contributed by atoms with E-state index in [4.69, 9.17) is 15.0 Å². The maximum atomic E-state index is 6.03. The molecule has 1 aromatic rings. The molecule has 1 unspecified atom stereocenters. The van der Waals surface area contributed by atoms with E-state index in [1.54, 1.807) is 0 Å². The van der Waals surface area contributed by atoms with Gasteiger partial charge in [0.05, 0.1) is 0 Å². The van der Waals surface area contributed by atoms with Crippen molar-refractivity contribution in [3.05, 3.63) is 11.7 Å². The molecule has 1 saturated carbocycles. The second-order valence-corrected chi connectivity index (χ2v) is 5.16. The van der Waals surface area contributed by atoms with E-state index in [0.29, 0.717) is 30.7 Å². The lowest BCUT2D eigenvalue weighted by atomic mass is 10.1. The third-order valence-corrected chi connectivity index (χ3v) is 3.15. The molecule has 0 aromatic carbocycles. The van der Waals surface area contributed by atoms with Crippen molar-refractivity contribution in [3.63, 3.8) is 0 Å². The maximum absolute atomic E-state index is 6.03. The number of hydrogen-bond acceptors (Lipinski definition) is 5. The number of hydrogen-bond donors (Lipinski definition) is 1. The number of nitrogens with two attached hydrogens (primary N) is 1. The average Bonchev–Trinajstić information content (AvgIpc) is 2.99. The summed E-state index contributed by atoms with van der Waals surface area (Å²) >= 11 is 0. The van der Waals surface area contributed by atoms with E-state index < -0.39 is 5.60 Å². The van der Waals surface area contributed by atoms with Gasteiger partial charge in [-0.2, -0.15) is 4.98 Å². The highest BCUT2D eigenvalue weighted by Crippen LogP contribution is 2.33. The SMILES string of the molecule is CCOC(C)(C)c1noc(CC(N)C2CC2)n1. The van der Waals surface area contributed by atoms with Crippen molar-refractivity contribution in [2.75, 3.05) is 6.61 Å². The normalized spacial score (nSPS) is 18.4. The van der Waals surface area contributed by atoms with Crippen LogP contribution in [0.25, 0.3) is 0 Å². The second-order valence-electron chi connectivity index (χ2n) is 5.16. The molecular weight excluding hydrogens is 218 g/mol. The Labute approximate surface area is 102 Å². The molecule has 1 aromatic heterocycles. The summed E-state index contributed by atoms with van der Waals surface area (Å²) in [6.45, 7) is 6.45. The molecule has 1 aliphatic carbocycles. The van der Waals surface area contributed by atoms with Gasteiger partial charge in [-0.3, -0.25) is 0 Å². The van der Waals surface area contributed by atoms with Crippen LogP contribution in [0.3, 0.4) is 0 Å². The molecular formula is C12H21N3O2. The van der Waals surface area contributed by atoms with Crippen LogP contribution >= 0.6 is 0 Å². The largest absolute Gasteiger partial charge is 0.368 e. The fourth-order valence-electron chi connectivity index (χ4n) is 1.90. The van der Waals surface area contributed by atoms with Gasteiger partial charge in [-0.05, 0) is 39.5 Å². The van der Waals surface area contributed by atoms with Gasteiger partial charge >= 0.3 is 0 Å². The van der Waals surface area contributed by atoms with Crippen LogP contribution in [0.5, 0.6) is 0 Å². The number of ether oxygens (including phenoxy) is 1. The Bertz CT molecular complexity index is 372. The smallest absolute Gasteiger partial charge is 0.228 e. The molecule has 0 saturated heterocycles. The summed E-state index contributed by atoms with van der Waals surface area (Å²) in [6.07, 6.45) is 3.12. The van der Waals surface area contributed by atoms with Crippen LogP contribution in [0.2, 0.25) is 0 Å². The Balaban J connectivity index is 1.99. The van der Waals surface area contributed by atoms with E-state index in [1.807, 2.05) is 20.8 Å². The summed E-state index contributed by atoms with van der Waals surface area (Å²) in [5.74, 6) is 1.86. The zero-order valence-electron chi connectivity index (χ0n) is 10.8. The molecule has 17 heavy (non-hydrogen) atoms. The molecule has 2 N–H and O–H groups in total. The minimum atomic E-state index is -0.500. The van der Waals surface area contributed by atoms with Crippen LogP contribution in [0.1, 0.15) is 45.3 Å². The lowest BCUT2D eigenvalue weighted by Gasteiger charge is -2.19. The van der Waals surface area contributed by atoms with Crippen LogP contribution in [-0.4, -0.2) is 22.8 Å². The van der Waals surface area contributed by atoms with Gasteiger partial charge < -0.3 is 15.0 Å². The van der Waals surface area contributed by atoms with Crippen LogP contribution in [0.4, 0.5) is 0 Å². The molecule has 0 aliphatic heterocycles. The van der Waals surface area contributed by atoms with Gasteiger partial charge in [0.1, 0.15) is 5.60 Å². The Morgan fingerprint density at radius 3 is 2.82 bits per heavy atom. The zero-order valence-corrected chi connectivity index (χ0v) is 10.8. The van der Waals surface area contributed by atoms with Gasteiger partial charge in [-0.1, -0.05) is 5.16 Å². The Morgan fingerprint density at radius 2 is 2.24 bits per heavy atom. The van der Waals surface area contributed by atoms with E-state index in [-0.39, 0.29) is 6.04 Å². The monoisotopic (exact) mass is 239 g/mol. The summed E-state index contributed by atoms with van der Waals surface area (Å²) in [4.78, 5) is 4.37. The van der Waals surface area contributed by atoms with E-state index in [2.05, 4.69) is 10.1 Å². The molecule has 1 fully saturated rings. The van der Waals surface area contributed by atoms with Crippen molar-refractivity contribution in [2.24, 2.45) is 11.7 Å². The molecule has 0 radical (unpaired) electrons. The van der Waals surface area contributed by atoms with Crippen LogP contribution < -0.4 is 5.73 Å². The quantitative estimate of drug-likeness (QED) is 0.816. The van der Waals surface area contributed by atoms with Crippen LogP contribution in [0.15, 0.2) is 4.52 Å². The molecule has 1 aliphatic rings.